The zero-order valence-corrected chi connectivity index (χ0v) is 18.5. The Morgan fingerprint density at radius 3 is 2.12 bits per heavy atom. The first-order valence-electron chi connectivity index (χ1n) is 10.6. The molecule has 1 aliphatic rings. The van der Waals surface area contributed by atoms with Crippen molar-refractivity contribution in [3.8, 4) is 11.1 Å². The molecular formula is C24H28N2O7. The number of aliphatic hydroxyl groups excluding tert-OH is 1. The van der Waals surface area contributed by atoms with Crippen LogP contribution in [0.1, 0.15) is 30.4 Å². The topological polar surface area (TPSA) is 134 Å². The normalized spacial score (nSPS) is 15.0. The van der Waals surface area contributed by atoms with Crippen LogP contribution in [0.2, 0.25) is 0 Å². The maximum Gasteiger partial charge on any atom is 0.408 e. The average molecular weight is 456 g/mol. The summed E-state index contributed by atoms with van der Waals surface area (Å²) >= 11 is 0. The number of hydrogen-bond donors (Lipinski definition) is 4. The summed E-state index contributed by atoms with van der Waals surface area (Å²) in [6, 6.07) is 14.3. The molecule has 0 bridgehead atoms. The molecule has 0 heterocycles. The number of amides is 2. The second-order valence-corrected chi connectivity index (χ2v) is 7.87. The van der Waals surface area contributed by atoms with Gasteiger partial charge >= 0.3 is 12.1 Å². The van der Waals surface area contributed by atoms with Crippen molar-refractivity contribution in [1.29, 1.82) is 0 Å². The SMILES string of the molecule is CCC(COC)(NC(=O)OCC1c2ccccc2-c2ccccc21)C(=O)N[C@@H](CO)C(=O)O. The van der Waals surface area contributed by atoms with E-state index < -0.39 is 36.2 Å². The van der Waals surface area contributed by atoms with Crippen molar-refractivity contribution in [3.05, 3.63) is 59.7 Å². The number of rotatable bonds is 10. The van der Waals surface area contributed by atoms with Gasteiger partial charge in [0.05, 0.1) is 13.2 Å². The number of aliphatic carboxylic acids is 1. The lowest BCUT2D eigenvalue weighted by atomic mass is 9.95. The molecule has 0 fully saturated rings. The van der Waals surface area contributed by atoms with Crippen LogP contribution in [0, 0.1) is 0 Å². The Morgan fingerprint density at radius 2 is 1.64 bits per heavy atom. The molecular weight excluding hydrogens is 428 g/mol. The number of nitrogens with one attached hydrogen (secondary N) is 2. The van der Waals surface area contributed by atoms with E-state index >= 15 is 0 Å². The number of carbonyl (C=O) groups excluding carboxylic acids is 2. The van der Waals surface area contributed by atoms with E-state index in [4.69, 9.17) is 14.6 Å². The largest absolute Gasteiger partial charge is 0.480 e. The van der Waals surface area contributed by atoms with Crippen molar-refractivity contribution < 1.29 is 34.1 Å². The smallest absolute Gasteiger partial charge is 0.408 e. The third kappa shape index (κ3) is 4.99. The highest BCUT2D eigenvalue weighted by molar-refractivity contribution is 5.93. The van der Waals surface area contributed by atoms with Gasteiger partial charge in [-0.15, -0.1) is 0 Å². The van der Waals surface area contributed by atoms with Crippen LogP contribution in [-0.4, -0.2) is 66.7 Å². The molecule has 1 unspecified atom stereocenters. The summed E-state index contributed by atoms with van der Waals surface area (Å²) in [7, 11) is 1.36. The molecule has 33 heavy (non-hydrogen) atoms. The molecule has 2 atom stereocenters. The summed E-state index contributed by atoms with van der Waals surface area (Å²) in [6.07, 6.45) is -0.726. The quantitative estimate of drug-likeness (QED) is 0.429. The van der Waals surface area contributed by atoms with Gasteiger partial charge < -0.3 is 30.3 Å². The van der Waals surface area contributed by atoms with E-state index in [-0.39, 0.29) is 25.6 Å². The van der Waals surface area contributed by atoms with Gasteiger partial charge in [-0.2, -0.15) is 0 Å². The molecule has 2 aromatic rings. The van der Waals surface area contributed by atoms with E-state index in [0.29, 0.717) is 0 Å². The van der Waals surface area contributed by atoms with Crippen molar-refractivity contribution >= 4 is 18.0 Å². The number of ether oxygens (including phenoxy) is 2. The molecule has 4 N–H and O–H groups in total. The molecule has 0 spiro atoms. The van der Waals surface area contributed by atoms with Crippen LogP contribution >= 0.6 is 0 Å². The molecule has 0 saturated carbocycles. The Hall–Kier alpha value is -3.43. The molecule has 3 rings (SSSR count). The van der Waals surface area contributed by atoms with Gasteiger partial charge in [-0.05, 0) is 28.7 Å². The maximum absolute atomic E-state index is 12.8. The minimum absolute atomic E-state index is 0.0582. The third-order valence-electron chi connectivity index (χ3n) is 5.90. The third-order valence-corrected chi connectivity index (χ3v) is 5.90. The Labute approximate surface area is 191 Å². The molecule has 1 aliphatic carbocycles. The van der Waals surface area contributed by atoms with Gasteiger partial charge in [0.25, 0.3) is 0 Å². The average Bonchev–Trinajstić information content (AvgIpc) is 3.14. The first kappa shape index (κ1) is 24.2. The standard InChI is InChI=1S/C24H28N2O7/c1-3-24(14-32-2,22(30)25-20(12-27)21(28)29)26-23(31)33-13-19-17-10-6-4-8-15(17)16-9-5-7-11-18(16)19/h4-11,19-20,27H,3,12-14H2,1-2H3,(H,25,30)(H,26,31)(H,28,29)/t20-,24?/m0/s1. The van der Waals surface area contributed by atoms with Crippen LogP contribution in [0.25, 0.3) is 11.1 Å². The van der Waals surface area contributed by atoms with E-state index in [1.54, 1.807) is 6.92 Å². The molecule has 0 aromatic heterocycles. The highest BCUT2D eigenvalue weighted by atomic mass is 16.5. The van der Waals surface area contributed by atoms with E-state index in [1.165, 1.54) is 7.11 Å². The number of aliphatic hydroxyl groups is 1. The van der Waals surface area contributed by atoms with E-state index in [9.17, 15) is 19.5 Å². The Bertz CT molecular complexity index is 980. The van der Waals surface area contributed by atoms with Crippen molar-refractivity contribution in [2.45, 2.75) is 30.8 Å². The number of carboxylic acids is 1. The van der Waals surface area contributed by atoms with Crippen LogP contribution in [-0.2, 0) is 19.1 Å². The fraction of sp³-hybridized carbons (Fsp3) is 0.375. The van der Waals surface area contributed by atoms with Crippen LogP contribution in [0.15, 0.2) is 48.5 Å². The summed E-state index contributed by atoms with van der Waals surface area (Å²) in [6.45, 7) is 0.704. The number of methoxy groups -OCH3 is 1. The lowest BCUT2D eigenvalue weighted by Gasteiger charge is -2.32. The number of carbonyl (C=O) groups is 3. The van der Waals surface area contributed by atoms with Crippen LogP contribution in [0.4, 0.5) is 4.79 Å². The molecule has 9 nitrogen and oxygen atoms in total. The summed E-state index contributed by atoms with van der Waals surface area (Å²) in [4.78, 5) is 36.8. The van der Waals surface area contributed by atoms with Gasteiger partial charge in [-0.25, -0.2) is 9.59 Å². The summed E-state index contributed by atoms with van der Waals surface area (Å²) < 4.78 is 10.6. The highest BCUT2D eigenvalue weighted by Gasteiger charge is 2.41. The van der Waals surface area contributed by atoms with Crippen molar-refractivity contribution in [2.75, 3.05) is 26.9 Å². The molecule has 0 saturated heterocycles. The summed E-state index contributed by atoms with van der Waals surface area (Å²) in [5.41, 5.74) is 2.71. The fourth-order valence-electron chi connectivity index (χ4n) is 4.07. The van der Waals surface area contributed by atoms with Gasteiger partial charge in [-0.1, -0.05) is 55.5 Å². The van der Waals surface area contributed by atoms with Gasteiger partial charge in [0, 0.05) is 13.0 Å². The minimum atomic E-state index is -1.57. The number of benzene rings is 2. The Kier molecular flexibility index (Phi) is 7.67. The first-order chi connectivity index (χ1) is 15.9. The van der Waals surface area contributed by atoms with Gasteiger partial charge in [-0.3, -0.25) is 4.79 Å². The number of hydrogen-bond acceptors (Lipinski definition) is 6. The first-order valence-corrected chi connectivity index (χ1v) is 10.6. The second kappa shape index (κ2) is 10.5. The Morgan fingerprint density at radius 1 is 1.06 bits per heavy atom. The highest BCUT2D eigenvalue weighted by Crippen LogP contribution is 2.44. The number of alkyl carbamates (subject to hydrolysis) is 1. The summed E-state index contributed by atoms with van der Waals surface area (Å²) in [5, 5.41) is 23.1. The molecule has 9 heteroatoms. The van der Waals surface area contributed by atoms with Gasteiger partial charge in [0.15, 0.2) is 0 Å². The predicted octanol–water partition coefficient (Wildman–Crippen LogP) is 1.88. The minimum Gasteiger partial charge on any atom is -0.480 e. The number of carboxylic acid groups (broad SMARTS) is 1. The van der Waals surface area contributed by atoms with E-state index in [2.05, 4.69) is 10.6 Å². The van der Waals surface area contributed by atoms with Crippen molar-refractivity contribution in [1.82, 2.24) is 10.6 Å². The molecule has 0 aliphatic heterocycles. The van der Waals surface area contributed by atoms with E-state index in [1.807, 2.05) is 48.5 Å². The summed E-state index contributed by atoms with van der Waals surface area (Å²) in [5.74, 6) is -2.34. The zero-order valence-electron chi connectivity index (χ0n) is 18.5. The monoisotopic (exact) mass is 456 g/mol. The molecule has 0 radical (unpaired) electrons. The predicted molar refractivity (Wildman–Crippen MR) is 120 cm³/mol. The maximum atomic E-state index is 12.8. The zero-order chi connectivity index (χ0) is 24.0. The molecule has 176 valence electrons. The van der Waals surface area contributed by atoms with Crippen molar-refractivity contribution in [3.63, 3.8) is 0 Å². The van der Waals surface area contributed by atoms with Gasteiger partial charge in [0.2, 0.25) is 5.91 Å². The van der Waals surface area contributed by atoms with Crippen LogP contribution in [0.5, 0.6) is 0 Å². The van der Waals surface area contributed by atoms with Crippen LogP contribution in [0.3, 0.4) is 0 Å². The van der Waals surface area contributed by atoms with Crippen molar-refractivity contribution in [2.24, 2.45) is 0 Å². The second-order valence-electron chi connectivity index (χ2n) is 7.87. The number of fused-ring (bicyclic) bond motifs is 3. The van der Waals surface area contributed by atoms with Gasteiger partial charge in [0.1, 0.15) is 18.2 Å². The van der Waals surface area contributed by atoms with Crippen LogP contribution < -0.4 is 10.6 Å². The lowest BCUT2D eigenvalue weighted by Crippen LogP contribution is -2.63. The fourth-order valence-corrected chi connectivity index (χ4v) is 4.07. The Balaban J connectivity index is 1.74. The molecule has 2 aromatic carbocycles. The lowest BCUT2D eigenvalue weighted by molar-refractivity contribution is -0.144. The van der Waals surface area contributed by atoms with E-state index in [0.717, 1.165) is 22.3 Å². The molecule has 2 amide bonds.